The Kier molecular flexibility index (Phi) is 3.85. The lowest BCUT2D eigenvalue weighted by molar-refractivity contribution is -0.137. The van der Waals surface area contributed by atoms with Crippen molar-refractivity contribution >= 4 is 29.3 Å². The molecule has 0 radical (unpaired) electrons. The molecule has 22 heavy (non-hydrogen) atoms. The Morgan fingerprint density at radius 3 is 2.86 bits per heavy atom. The van der Waals surface area contributed by atoms with Gasteiger partial charge in [0.2, 0.25) is 5.91 Å². The quantitative estimate of drug-likeness (QED) is 0.886. The largest absolute Gasteiger partial charge is 0.480 e. The summed E-state index contributed by atoms with van der Waals surface area (Å²) < 4.78 is 1.26. The third-order valence-electron chi connectivity index (χ3n) is 3.62. The molecule has 1 fully saturated rings. The summed E-state index contributed by atoms with van der Waals surface area (Å²) in [4.78, 5) is 22.8. The molecule has 1 aromatic heterocycles. The van der Waals surface area contributed by atoms with Crippen LogP contribution in [0.5, 0.6) is 0 Å². The highest BCUT2D eigenvalue weighted by Gasteiger charge is 2.44. The number of rotatable bonds is 5. The number of nitrogens with one attached hydrogen (secondary N) is 1. The molecule has 6 nitrogen and oxygen atoms in total. The van der Waals surface area contributed by atoms with Gasteiger partial charge in [-0.15, -0.1) is 0 Å². The number of halogens is 1. The Bertz CT molecular complexity index is 728. The second-order valence-electron chi connectivity index (χ2n) is 5.25. The molecule has 1 heterocycles. The molecule has 2 aromatic rings. The first-order valence-corrected chi connectivity index (χ1v) is 7.23. The van der Waals surface area contributed by atoms with E-state index in [1.807, 2.05) is 24.3 Å². The van der Waals surface area contributed by atoms with Crippen LogP contribution in [0.4, 0.5) is 5.82 Å². The van der Waals surface area contributed by atoms with Crippen LogP contribution in [0.2, 0.25) is 5.02 Å². The molecule has 0 aliphatic heterocycles. The molecule has 0 bridgehead atoms. The molecule has 1 amide bonds. The van der Waals surface area contributed by atoms with Crippen LogP contribution in [-0.2, 0) is 16.1 Å². The van der Waals surface area contributed by atoms with Crippen molar-refractivity contribution in [3.8, 4) is 0 Å². The van der Waals surface area contributed by atoms with Crippen LogP contribution in [0.3, 0.4) is 0 Å². The first-order chi connectivity index (χ1) is 10.5. The van der Waals surface area contributed by atoms with E-state index in [1.54, 1.807) is 6.07 Å². The van der Waals surface area contributed by atoms with E-state index in [0.717, 1.165) is 12.0 Å². The molecule has 2 unspecified atom stereocenters. The lowest BCUT2D eigenvalue weighted by atomic mass is 10.1. The molecule has 1 aliphatic rings. The first-order valence-electron chi connectivity index (χ1n) is 6.85. The average Bonchev–Trinajstić information content (AvgIpc) is 3.14. The Labute approximate surface area is 131 Å². The molecule has 3 rings (SSSR count). The van der Waals surface area contributed by atoms with Crippen LogP contribution in [0.15, 0.2) is 36.5 Å². The predicted octanol–water partition coefficient (Wildman–Crippen LogP) is 2.36. The van der Waals surface area contributed by atoms with E-state index in [2.05, 4.69) is 10.4 Å². The summed E-state index contributed by atoms with van der Waals surface area (Å²) in [5.41, 5.74) is 0.987. The van der Waals surface area contributed by atoms with Gasteiger partial charge in [0.1, 0.15) is 6.54 Å². The number of amides is 1. The summed E-state index contributed by atoms with van der Waals surface area (Å²) >= 11 is 6.14. The number of anilines is 1. The normalized spacial score (nSPS) is 19.7. The highest BCUT2D eigenvalue weighted by atomic mass is 35.5. The van der Waals surface area contributed by atoms with Crippen LogP contribution in [0.1, 0.15) is 17.9 Å². The van der Waals surface area contributed by atoms with E-state index in [1.165, 1.54) is 10.9 Å². The van der Waals surface area contributed by atoms with Crippen LogP contribution in [0, 0.1) is 5.92 Å². The molecule has 0 saturated heterocycles. The van der Waals surface area contributed by atoms with Crippen LogP contribution in [-0.4, -0.2) is 26.8 Å². The van der Waals surface area contributed by atoms with E-state index in [9.17, 15) is 9.59 Å². The Morgan fingerprint density at radius 1 is 1.36 bits per heavy atom. The van der Waals surface area contributed by atoms with Gasteiger partial charge in [0, 0.05) is 23.2 Å². The van der Waals surface area contributed by atoms with Crippen LogP contribution in [0.25, 0.3) is 0 Å². The minimum atomic E-state index is -0.984. The second kappa shape index (κ2) is 5.81. The Balaban J connectivity index is 1.61. The zero-order valence-corrected chi connectivity index (χ0v) is 12.3. The smallest absolute Gasteiger partial charge is 0.325 e. The fourth-order valence-corrected chi connectivity index (χ4v) is 2.75. The predicted molar refractivity (Wildman–Crippen MR) is 80.8 cm³/mol. The van der Waals surface area contributed by atoms with Gasteiger partial charge in [-0.3, -0.25) is 14.3 Å². The number of carbonyl (C=O) groups excluding carboxylic acids is 1. The molecule has 7 heteroatoms. The summed E-state index contributed by atoms with van der Waals surface area (Å²) in [6.07, 6.45) is 2.27. The van der Waals surface area contributed by atoms with Gasteiger partial charge in [-0.25, -0.2) is 0 Å². The highest BCUT2D eigenvalue weighted by molar-refractivity contribution is 6.31. The fourth-order valence-electron chi connectivity index (χ4n) is 2.48. The SMILES string of the molecule is O=C(O)Cn1ccc(NC(=O)C2CC2c2ccccc2Cl)n1. The monoisotopic (exact) mass is 319 g/mol. The molecular weight excluding hydrogens is 306 g/mol. The maximum atomic E-state index is 12.2. The van der Waals surface area contributed by atoms with Crippen LogP contribution >= 0.6 is 11.6 Å². The third kappa shape index (κ3) is 3.12. The minimum Gasteiger partial charge on any atom is -0.480 e. The molecule has 0 spiro atoms. The number of hydrogen-bond acceptors (Lipinski definition) is 3. The van der Waals surface area contributed by atoms with E-state index in [4.69, 9.17) is 16.7 Å². The molecule has 114 valence electrons. The van der Waals surface area contributed by atoms with E-state index in [-0.39, 0.29) is 24.3 Å². The zero-order valence-electron chi connectivity index (χ0n) is 11.6. The summed E-state index contributed by atoms with van der Waals surface area (Å²) in [6, 6.07) is 9.09. The molecule has 1 saturated carbocycles. The van der Waals surface area contributed by atoms with Gasteiger partial charge in [-0.2, -0.15) is 5.10 Å². The van der Waals surface area contributed by atoms with Gasteiger partial charge < -0.3 is 10.4 Å². The van der Waals surface area contributed by atoms with Gasteiger partial charge in [-0.1, -0.05) is 29.8 Å². The molecule has 2 atom stereocenters. The number of aliphatic carboxylic acids is 1. The summed E-state index contributed by atoms with van der Waals surface area (Å²) in [5, 5.41) is 16.1. The van der Waals surface area contributed by atoms with Crippen molar-refractivity contribution in [1.82, 2.24) is 9.78 Å². The third-order valence-corrected chi connectivity index (χ3v) is 3.97. The first kappa shape index (κ1) is 14.6. The molecule has 1 aromatic carbocycles. The Hall–Kier alpha value is -2.34. The summed E-state index contributed by atoms with van der Waals surface area (Å²) in [5.74, 6) is -0.733. The number of benzene rings is 1. The average molecular weight is 320 g/mol. The summed E-state index contributed by atoms with van der Waals surface area (Å²) in [6.45, 7) is -0.235. The van der Waals surface area contributed by atoms with E-state index >= 15 is 0 Å². The van der Waals surface area contributed by atoms with Gasteiger partial charge in [0.05, 0.1) is 0 Å². The topological polar surface area (TPSA) is 84.2 Å². The number of carbonyl (C=O) groups is 2. The van der Waals surface area contributed by atoms with Crippen molar-refractivity contribution in [2.24, 2.45) is 5.92 Å². The highest BCUT2D eigenvalue weighted by Crippen LogP contribution is 2.49. The van der Waals surface area contributed by atoms with E-state index < -0.39 is 5.97 Å². The number of hydrogen-bond donors (Lipinski definition) is 2. The standard InChI is InChI=1S/C15H14ClN3O3/c16-12-4-2-1-3-9(12)10-7-11(10)15(22)17-13-5-6-19(18-13)8-14(20)21/h1-6,10-11H,7-8H2,(H,20,21)(H,17,18,22). The second-order valence-corrected chi connectivity index (χ2v) is 5.66. The van der Waals surface area contributed by atoms with Crippen molar-refractivity contribution in [3.05, 3.63) is 47.1 Å². The molecule has 1 aliphatic carbocycles. The Morgan fingerprint density at radius 2 is 2.14 bits per heavy atom. The van der Waals surface area contributed by atoms with Crippen LogP contribution < -0.4 is 5.32 Å². The number of carboxylic acids is 1. The lowest BCUT2D eigenvalue weighted by Crippen LogP contribution is -2.16. The lowest BCUT2D eigenvalue weighted by Gasteiger charge is -2.04. The van der Waals surface area contributed by atoms with Crippen molar-refractivity contribution in [1.29, 1.82) is 0 Å². The van der Waals surface area contributed by atoms with Crippen molar-refractivity contribution < 1.29 is 14.7 Å². The zero-order chi connectivity index (χ0) is 15.7. The minimum absolute atomic E-state index is 0.120. The molecule has 2 N–H and O–H groups in total. The number of nitrogens with zero attached hydrogens (tertiary/aromatic N) is 2. The number of carboxylic acid groups (broad SMARTS) is 1. The van der Waals surface area contributed by atoms with Crippen molar-refractivity contribution in [3.63, 3.8) is 0 Å². The van der Waals surface area contributed by atoms with Gasteiger partial charge in [0.25, 0.3) is 0 Å². The maximum Gasteiger partial charge on any atom is 0.325 e. The van der Waals surface area contributed by atoms with Gasteiger partial charge >= 0.3 is 5.97 Å². The van der Waals surface area contributed by atoms with Crippen molar-refractivity contribution in [2.75, 3.05) is 5.32 Å². The van der Waals surface area contributed by atoms with Gasteiger partial charge in [0.15, 0.2) is 5.82 Å². The summed E-state index contributed by atoms with van der Waals surface area (Å²) in [7, 11) is 0. The van der Waals surface area contributed by atoms with E-state index in [0.29, 0.717) is 10.8 Å². The maximum absolute atomic E-state index is 12.2. The van der Waals surface area contributed by atoms with Crippen molar-refractivity contribution in [2.45, 2.75) is 18.9 Å². The fraction of sp³-hybridized carbons (Fsp3) is 0.267. The molecular formula is C15H14ClN3O3. The van der Waals surface area contributed by atoms with Gasteiger partial charge in [-0.05, 0) is 24.0 Å². The number of aromatic nitrogens is 2.